The van der Waals surface area contributed by atoms with Crippen LogP contribution in [0.5, 0.6) is 0 Å². The molecule has 1 N–H and O–H groups in total. The molecule has 0 amide bonds. The molecule has 0 aliphatic rings. The molecule has 0 bridgehead atoms. The van der Waals surface area contributed by atoms with Gasteiger partial charge in [0, 0.05) is 5.02 Å². The molecule has 0 aliphatic heterocycles. The fourth-order valence-corrected chi connectivity index (χ4v) is 1.15. The molecule has 0 aliphatic carbocycles. The van der Waals surface area contributed by atoms with Crippen molar-refractivity contribution in [1.29, 1.82) is 0 Å². The largest absolute Gasteiger partial charge is 0.392 e. The zero-order chi connectivity index (χ0) is 9.68. The van der Waals surface area contributed by atoms with E-state index in [0.717, 1.165) is 5.56 Å². The predicted molar refractivity (Wildman–Crippen MR) is 52.5 cm³/mol. The lowest BCUT2D eigenvalue weighted by Crippen LogP contribution is -1.85. The molecule has 0 radical (unpaired) electrons. The van der Waals surface area contributed by atoms with Crippen molar-refractivity contribution >= 4 is 24.0 Å². The number of carbonyl (C=O) groups excluding carboxylic acids is 1. The molecule has 68 valence electrons. The van der Waals surface area contributed by atoms with E-state index in [0.29, 0.717) is 16.9 Å². The number of aldehydes is 1. The summed E-state index contributed by atoms with van der Waals surface area (Å²) in [4.78, 5) is 10.0. The Bertz CT molecular complexity index is 332. The van der Waals surface area contributed by atoms with E-state index in [1.807, 2.05) is 0 Å². The molecule has 0 aromatic heterocycles. The second-order valence-corrected chi connectivity index (χ2v) is 2.91. The van der Waals surface area contributed by atoms with Gasteiger partial charge in [-0.15, -0.1) is 0 Å². The SMILES string of the molecule is O=CC=Cc1ccc(Cl)c(CO)c1. The molecular formula is C10H9ClO2. The minimum Gasteiger partial charge on any atom is -0.392 e. The third-order valence-corrected chi connectivity index (χ3v) is 1.98. The highest BCUT2D eigenvalue weighted by molar-refractivity contribution is 6.31. The van der Waals surface area contributed by atoms with Gasteiger partial charge in [-0.1, -0.05) is 23.7 Å². The van der Waals surface area contributed by atoms with Crippen LogP contribution in [-0.4, -0.2) is 11.4 Å². The van der Waals surface area contributed by atoms with Crippen molar-refractivity contribution in [3.8, 4) is 0 Å². The van der Waals surface area contributed by atoms with Gasteiger partial charge in [0.05, 0.1) is 6.61 Å². The first-order chi connectivity index (χ1) is 6.27. The van der Waals surface area contributed by atoms with E-state index >= 15 is 0 Å². The summed E-state index contributed by atoms with van der Waals surface area (Å²) in [5, 5.41) is 9.42. The standard InChI is InChI=1S/C10H9ClO2/c11-10-4-3-8(2-1-5-12)6-9(10)7-13/h1-6,13H,7H2. The maximum absolute atomic E-state index is 10.0. The summed E-state index contributed by atoms with van der Waals surface area (Å²) < 4.78 is 0. The Hall–Kier alpha value is -1.12. The van der Waals surface area contributed by atoms with Gasteiger partial charge in [0.15, 0.2) is 0 Å². The highest BCUT2D eigenvalue weighted by Gasteiger charge is 1.98. The molecule has 1 aromatic carbocycles. The molecule has 2 nitrogen and oxygen atoms in total. The maximum Gasteiger partial charge on any atom is 0.142 e. The molecule has 3 heteroatoms. The molecule has 0 fully saturated rings. The molecule has 13 heavy (non-hydrogen) atoms. The lowest BCUT2D eigenvalue weighted by Gasteiger charge is -2.00. The summed E-state index contributed by atoms with van der Waals surface area (Å²) in [6.07, 6.45) is 3.75. The first-order valence-electron chi connectivity index (χ1n) is 3.79. The number of aliphatic hydroxyl groups excluding tert-OH is 1. The average Bonchev–Trinajstić information content (AvgIpc) is 2.16. The van der Waals surface area contributed by atoms with Gasteiger partial charge in [0.1, 0.15) is 6.29 Å². The molecule has 0 saturated carbocycles. The van der Waals surface area contributed by atoms with Crippen molar-refractivity contribution in [3.63, 3.8) is 0 Å². The third kappa shape index (κ3) is 2.68. The van der Waals surface area contributed by atoms with E-state index in [9.17, 15) is 4.79 Å². The van der Waals surface area contributed by atoms with Crippen LogP contribution in [0.3, 0.4) is 0 Å². The fourth-order valence-electron chi connectivity index (χ4n) is 0.970. The average molecular weight is 197 g/mol. The summed E-state index contributed by atoms with van der Waals surface area (Å²) in [5.41, 5.74) is 1.51. The number of allylic oxidation sites excluding steroid dienone is 1. The van der Waals surface area contributed by atoms with Crippen LogP contribution in [0.25, 0.3) is 6.08 Å². The minimum atomic E-state index is -0.0956. The predicted octanol–water partition coefficient (Wildman–Crippen LogP) is 2.04. The van der Waals surface area contributed by atoms with Crippen LogP contribution in [0.1, 0.15) is 11.1 Å². The van der Waals surface area contributed by atoms with Crippen LogP contribution in [0.4, 0.5) is 0 Å². The van der Waals surface area contributed by atoms with Crippen LogP contribution in [0.15, 0.2) is 24.3 Å². The van der Waals surface area contributed by atoms with Gasteiger partial charge < -0.3 is 5.11 Å². The second kappa shape index (κ2) is 4.80. The molecule has 0 spiro atoms. The number of benzene rings is 1. The van der Waals surface area contributed by atoms with Gasteiger partial charge in [0.2, 0.25) is 0 Å². The lowest BCUT2D eigenvalue weighted by molar-refractivity contribution is -0.104. The van der Waals surface area contributed by atoms with E-state index in [-0.39, 0.29) is 6.61 Å². The summed E-state index contributed by atoms with van der Waals surface area (Å²) >= 11 is 5.78. The van der Waals surface area contributed by atoms with Gasteiger partial charge >= 0.3 is 0 Å². The first-order valence-corrected chi connectivity index (χ1v) is 4.17. The van der Waals surface area contributed by atoms with Crippen LogP contribution in [0, 0.1) is 0 Å². The summed E-state index contributed by atoms with van der Waals surface area (Å²) in [5.74, 6) is 0. The summed E-state index contributed by atoms with van der Waals surface area (Å²) in [6, 6.07) is 5.21. The van der Waals surface area contributed by atoms with Crippen molar-refractivity contribution in [2.45, 2.75) is 6.61 Å². The Labute approximate surface area is 81.5 Å². The van der Waals surface area contributed by atoms with Crippen LogP contribution >= 0.6 is 11.6 Å². The molecule has 0 heterocycles. The van der Waals surface area contributed by atoms with Gasteiger partial charge in [0.25, 0.3) is 0 Å². The summed E-state index contributed by atoms with van der Waals surface area (Å²) in [7, 11) is 0. The van der Waals surface area contributed by atoms with E-state index < -0.39 is 0 Å². The Kier molecular flexibility index (Phi) is 3.68. The Morgan fingerprint density at radius 2 is 2.23 bits per heavy atom. The van der Waals surface area contributed by atoms with Crippen molar-refractivity contribution in [2.75, 3.05) is 0 Å². The first kappa shape index (κ1) is 9.96. The Balaban J connectivity index is 2.99. The van der Waals surface area contributed by atoms with E-state index in [2.05, 4.69) is 0 Å². The molecule has 0 atom stereocenters. The van der Waals surface area contributed by atoms with Crippen molar-refractivity contribution in [2.24, 2.45) is 0 Å². The van der Waals surface area contributed by atoms with Crippen LogP contribution in [-0.2, 0) is 11.4 Å². The number of carbonyl (C=O) groups is 1. The molecular weight excluding hydrogens is 188 g/mol. The zero-order valence-electron chi connectivity index (χ0n) is 6.90. The maximum atomic E-state index is 10.0. The smallest absolute Gasteiger partial charge is 0.142 e. The van der Waals surface area contributed by atoms with Crippen LogP contribution in [0.2, 0.25) is 5.02 Å². The van der Waals surface area contributed by atoms with Gasteiger partial charge in [-0.2, -0.15) is 0 Å². The van der Waals surface area contributed by atoms with Gasteiger partial charge in [-0.3, -0.25) is 4.79 Å². The van der Waals surface area contributed by atoms with E-state index in [4.69, 9.17) is 16.7 Å². The molecule has 0 unspecified atom stereocenters. The van der Waals surface area contributed by atoms with E-state index in [1.54, 1.807) is 24.3 Å². The highest BCUT2D eigenvalue weighted by Crippen LogP contribution is 2.18. The molecule has 1 aromatic rings. The number of halogens is 1. The third-order valence-electron chi connectivity index (χ3n) is 1.61. The zero-order valence-corrected chi connectivity index (χ0v) is 7.66. The van der Waals surface area contributed by atoms with Crippen molar-refractivity contribution in [1.82, 2.24) is 0 Å². The Morgan fingerprint density at radius 3 is 2.85 bits per heavy atom. The van der Waals surface area contributed by atoms with Crippen molar-refractivity contribution in [3.05, 3.63) is 40.4 Å². The molecule has 0 saturated heterocycles. The monoisotopic (exact) mass is 196 g/mol. The quantitative estimate of drug-likeness (QED) is 0.594. The van der Waals surface area contributed by atoms with Gasteiger partial charge in [-0.05, 0) is 29.3 Å². The minimum absolute atomic E-state index is 0.0956. The number of hydrogen-bond donors (Lipinski definition) is 1. The van der Waals surface area contributed by atoms with E-state index in [1.165, 1.54) is 6.08 Å². The van der Waals surface area contributed by atoms with Gasteiger partial charge in [-0.25, -0.2) is 0 Å². The number of aliphatic hydroxyl groups is 1. The van der Waals surface area contributed by atoms with Crippen molar-refractivity contribution < 1.29 is 9.90 Å². The fraction of sp³-hybridized carbons (Fsp3) is 0.100. The van der Waals surface area contributed by atoms with Crippen LogP contribution < -0.4 is 0 Å². The summed E-state index contributed by atoms with van der Waals surface area (Å²) in [6.45, 7) is -0.0956. The lowest BCUT2D eigenvalue weighted by atomic mass is 10.1. The number of hydrogen-bond acceptors (Lipinski definition) is 2. The second-order valence-electron chi connectivity index (χ2n) is 2.50. The molecule has 1 rings (SSSR count). The normalized spacial score (nSPS) is 10.6. The number of rotatable bonds is 3. The topological polar surface area (TPSA) is 37.3 Å². The highest BCUT2D eigenvalue weighted by atomic mass is 35.5. The Morgan fingerprint density at radius 1 is 1.46 bits per heavy atom.